The fourth-order valence-electron chi connectivity index (χ4n) is 3.06. The summed E-state index contributed by atoms with van der Waals surface area (Å²) in [7, 11) is -2.15. The average molecular weight is 374 g/mol. The van der Waals surface area contributed by atoms with Gasteiger partial charge in [-0.05, 0) is 38.1 Å². The minimum atomic E-state index is -3.72. The Hall–Kier alpha value is -2.38. The van der Waals surface area contributed by atoms with Crippen LogP contribution in [-0.4, -0.2) is 44.9 Å². The molecule has 1 saturated heterocycles. The number of piperazine rings is 1. The lowest BCUT2D eigenvalue weighted by molar-refractivity contribution is -0.123. The van der Waals surface area contributed by atoms with Crippen molar-refractivity contribution in [3.8, 4) is 5.75 Å². The fraction of sp³-hybridized carbons (Fsp3) is 0.316. The zero-order chi connectivity index (χ0) is 18.9. The zero-order valence-electron chi connectivity index (χ0n) is 15.0. The Labute approximate surface area is 154 Å². The summed E-state index contributed by atoms with van der Waals surface area (Å²) in [5.74, 6) is 0.401. The van der Waals surface area contributed by atoms with Crippen LogP contribution in [0.5, 0.6) is 5.75 Å². The van der Waals surface area contributed by atoms with E-state index in [4.69, 9.17) is 4.74 Å². The number of aryl methyl sites for hydroxylation is 1. The van der Waals surface area contributed by atoms with Crippen LogP contribution in [0.1, 0.15) is 12.5 Å². The molecule has 7 heteroatoms. The topological polar surface area (TPSA) is 66.9 Å². The van der Waals surface area contributed by atoms with E-state index in [1.54, 1.807) is 55.3 Å². The molecule has 0 aromatic heterocycles. The van der Waals surface area contributed by atoms with Crippen molar-refractivity contribution in [3.63, 3.8) is 0 Å². The predicted molar refractivity (Wildman–Crippen MR) is 99.9 cm³/mol. The molecular weight excluding hydrogens is 352 g/mol. The zero-order valence-corrected chi connectivity index (χ0v) is 15.9. The van der Waals surface area contributed by atoms with E-state index in [9.17, 15) is 13.2 Å². The van der Waals surface area contributed by atoms with Crippen LogP contribution in [0, 0.1) is 6.92 Å². The molecule has 0 spiro atoms. The number of methoxy groups -OCH3 is 1. The standard InChI is InChI=1S/C19H22N2O4S/c1-14-7-9-18(10-8-14)26(23,24)21-12-11-20(19(22)15(21)2)16-5-4-6-17(13-16)25-3/h4-10,13,15H,11-12H2,1-3H3. The molecule has 1 atom stereocenters. The highest BCUT2D eigenvalue weighted by Crippen LogP contribution is 2.27. The van der Waals surface area contributed by atoms with Gasteiger partial charge in [0.05, 0.1) is 12.0 Å². The van der Waals surface area contributed by atoms with Crippen LogP contribution >= 0.6 is 0 Å². The van der Waals surface area contributed by atoms with Crippen molar-refractivity contribution in [3.05, 3.63) is 54.1 Å². The van der Waals surface area contributed by atoms with Crippen molar-refractivity contribution >= 4 is 21.6 Å². The third-order valence-electron chi connectivity index (χ3n) is 4.59. The number of hydrogen-bond donors (Lipinski definition) is 0. The summed E-state index contributed by atoms with van der Waals surface area (Å²) in [4.78, 5) is 14.7. The Balaban J connectivity index is 1.86. The molecule has 0 aliphatic carbocycles. The summed E-state index contributed by atoms with van der Waals surface area (Å²) in [6.07, 6.45) is 0. The van der Waals surface area contributed by atoms with Crippen LogP contribution in [0.4, 0.5) is 5.69 Å². The Morgan fingerprint density at radius 3 is 2.42 bits per heavy atom. The van der Waals surface area contributed by atoms with Gasteiger partial charge >= 0.3 is 0 Å². The number of hydrogen-bond acceptors (Lipinski definition) is 4. The Morgan fingerprint density at radius 1 is 1.08 bits per heavy atom. The molecule has 0 radical (unpaired) electrons. The van der Waals surface area contributed by atoms with Crippen LogP contribution in [0.2, 0.25) is 0 Å². The molecule has 1 aliphatic rings. The van der Waals surface area contributed by atoms with Crippen LogP contribution in [0.25, 0.3) is 0 Å². The number of rotatable bonds is 4. The van der Waals surface area contributed by atoms with Crippen molar-refractivity contribution in [2.75, 3.05) is 25.1 Å². The molecule has 2 aromatic carbocycles. The molecule has 138 valence electrons. The maximum atomic E-state index is 12.9. The van der Waals surface area contributed by atoms with Crippen molar-refractivity contribution < 1.29 is 17.9 Å². The van der Waals surface area contributed by atoms with E-state index in [1.807, 2.05) is 19.1 Å². The van der Waals surface area contributed by atoms with Gasteiger partial charge in [0.15, 0.2) is 0 Å². The van der Waals surface area contributed by atoms with Crippen molar-refractivity contribution in [1.29, 1.82) is 0 Å². The first kappa shape index (κ1) is 18.4. The predicted octanol–water partition coefficient (Wildman–Crippen LogP) is 2.43. The van der Waals surface area contributed by atoms with Crippen LogP contribution < -0.4 is 9.64 Å². The highest BCUT2D eigenvalue weighted by molar-refractivity contribution is 7.89. The molecule has 26 heavy (non-hydrogen) atoms. The van der Waals surface area contributed by atoms with Gasteiger partial charge in [0.25, 0.3) is 0 Å². The van der Waals surface area contributed by atoms with Crippen molar-refractivity contribution in [2.24, 2.45) is 0 Å². The van der Waals surface area contributed by atoms with Gasteiger partial charge in [0.1, 0.15) is 11.8 Å². The van der Waals surface area contributed by atoms with Gasteiger partial charge in [0.2, 0.25) is 15.9 Å². The number of nitrogens with zero attached hydrogens (tertiary/aromatic N) is 2. The van der Waals surface area contributed by atoms with E-state index in [0.717, 1.165) is 5.56 Å². The maximum Gasteiger partial charge on any atom is 0.245 e. The molecule has 1 amide bonds. The molecule has 2 aromatic rings. The fourth-order valence-corrected chi connectivity index (χ4v) is 4.64. The highest BCUT2D eigenvalue weighted by atomic mass is 32.2. The van der Waals surface area contributed by atoms with Crippen LogP contribution in [0.15, 0.2) is 53.4 Å². The van der Waals surface area contributed by atoms with Gasteiger partial charge in [-0.25, -0.2) is 8.42 Å². The third-order valence-corrected chi connectivity index (χ3v) is 6.58. The number of sulfonamides is 1. The quantitative estimate of drug-likeness (QED) is 0.824. The van der Waals surface area contributed by atoms with Crippen molar-refractivity contribution in [1.82, 2.24) is 4.31 Å². The summed E-state index contributed by atoms with van der Waals surface area (Å²) < 4.78 is 32.3. The number of benzene rings is 2. The van der Waals surface area contributed by atoms with Gasteiger partial charge in [-0.15, -0.1) is 0 Å². The van der Waals surface area contributed by atoms with Crippen molar-refractivity contribution in [2.45, 2.75) is 24.8 Å². The SMILES string of the molecule is COc1cccc(N2CCN(S(=O)(=O)c3ccc(C)cc3)C(C)C2=O)c1. The monoisotopic (exact) mass is 374 g/mol. The lowest BCUT2D eigenvalue weighted by Crippen LogP contribution is -2.57. The van der Waals surface area contributed by atoms with E-state index < -0.39 is 16.1 Å². The van der Waals surface area contributed by atoms with E-state index in [1.165, 1.54) is 4.31 Å². The highest BCUT2D eigenvalue weighted by Gasteiger charge is 2.39. The normalized spacial score (nSPS) is 18.8. The maximum absolute atomic E-state index is 12.9. The first-order chi connectivity index (χ1) is 12.3. The minimum Gasteiger partial charge on any atom is -0.497 e. The van der Waals surface area contributed by atoms with E-state index in [2.05, 4.69) is 0 Å². The number of ether oxygens (including phenoxy) is 1. The summed E-state index contributed by atoms with van der Waals surface area (Å²) in [5, 5.41) is 0. The van der Waals surface area contributed by atoms with Gasteiger partial charge in [-0.3, -0.25) is 4.79 Å². The molecule has 0 N–H and O–H groups in total. The molecule has 6 nitrogen and oxygen atoms in total. The first-order valence-corrected chi connectivity index (χ1v) is 9.82. The summed E-state index contributed by atoms with van der Waals surface area (Å²) >= 11 is 0. The van der Waals surface area contributed by atoms with E-state index >= 15 is 0 Å². The first-order valence-electron chi connectivity index (χ1n) is 8.38. The Kier molecular flexibility index (Phi) is 5.02. The number of amides is 1. The smallest absolute Gasteiger partial charge is 0.245 e. The molecule has 3 rings (SSSR count). The second kappa shape index (κ2) is 7.09. The second-order valence-electron chi connectivity index (χ2n) is 6.30. The lowest BCUT2D eigenvalue weighted by Gasteiger charge is -2.38. The van der Waals surface area contributed by atoms with Gasteiger partial charge in [0, 0.05) is 24.8 Å². The summed E-state index contributed by atoms with van der Waals surface area (Å²) in [6.45, 7) is 4.05. The Bertz CT molecular complexity index is 909. The molecule has 0 bridgehead atoms. The van der Waals surface area contributed by atoms with Gasteiger partial charge < -0.3 is 9.64 Å². The largest absolute Gasteiger partial charge is 0.497 e. The number of anilines is 1. The van der Waals surface area contributed by atoms with Crippen LogP contribution in [-0.2, 0) is 14.8 Å². The third kappa shape index (κ3) is 3.32. The lowest BCUT2D eigenvalue weighted by atomic mass is 10.2. The number of carbonyl (C=O) groups excluding carboxylic acids is 1. The number of carbonyl (C=O) groups is 1. The molecular formula is C19H22N2O4S. The van der Waals surface area contributed by atoms with E-state index in [-0.39, 0.29) is 17.3 Å². The second-order valence-corrected chi connectivity index (χ2v) is 8.19. The van der Waals surface area contributed by atoms with E-state index in [0.29, 0.717) is 18.0 Å². The van der Waals surface area contributed by atoms with Crippen LogP contribution in [0.3, 0.4) is 0 Å². The minimum absolute atomic E-state index is 0.206. The average Bonchev–Trinajstić information content (AvgIpc) is 2.64. The molecule has 1 aliphatic heterocycles. The molecule has 0 saturated carbocycles. The summed E-state index contributed by atoms with van der Waals surface area (Å²) in [6, 6.07) is 13.1. The van der Waals surface area contributed by atoms with Gasteiger partial charge in [-0.2, -0.15) is 4.31 Å². The Morgan fingerprint density at radius 2 is 1.77 bits per heavy atom. The summed E-state index contributed by atoms with van der Waals surface area (Å²) in [5.41, 5.74) is 1.68. The van der Waals surface area contributed by atoms with Gasteiger partial charge in [-0.1, -0.05) is 23.8 Å². The molecule has 1 unspecified atom stereocenters. The molecule has 1 heterocycles. The molecule has 1 fully saturated rings.